The van der Waals surface area contributed by atoms with Crippen molar-refractivity contribution in [2.75, 3.05) is 5.32 Å². The Bertz CT molecular complexity index is 1470. The Morgan fingerprint density at radius 3 is 2.62 bits per heavy atom. The Labute approximate surface area is 232 Å². The normalized spacial score (nSPS) is 20.7. The molecule has 5 rings (SSSR count). The number of aliphatic imine (C=N–C) groups is 1. The van der Waals surface area contributed by atoms with E-state index in [2.05, 4.69) is 30.6 Å². The molecule has 2 aliphatic rings. The van der Waals surface area contributed by atoms with Crippen molar-refractivity contribution < 1.29 is 22.8 Å². The third kappa shape index (κ3) is 6.92. The van der Waals surface area contributed by atoms with Gasteiger partial charge in [-0.25, -0.2) is 9.97 Å². The topological polar surface area (TPSA) is 109 Å². The highest BCUT2D eigenvalue weighted by atomic mass is 32.2. The van der Waals surface area contributed by atoms with Crippen molar-refractivity contribution in [2.24, 2.45) is 10.9 Å². The van der Waals surface area contributed by atoms with Gasteiger partial charge in [0.05, 0.1) is 28.4 Å². The van der Waals surface area contributed by atoms with E-state index in [1.54, 1.807) is 36.7 Å². The molecule has 12 heteroatoms. The number of aromatic nitrogens is 3. The largest absolute Gasteiger partial charge is 0.416 e. The number of imide groups is 1. The molecule has 1 saturated heterocycles. The number of carbonyl (C=O) groups excluding carboxylic acids is 2. The lowest BCUT2D eigenvalue weighted by atomic mass is 9.87. The Balaban J connectivity index is 1.15. The van der Waals surface area contributed by atoms with E-state index in [0.29, 0.717) is 40.3 Å². The highest BCUT2D eigenvalue weighted by molar-refractivity contribution is 8.18. The van der Waals surface area contributed by atoms with Gasteiger partial charge in [0.25, 0.3) is 11.1 Å². The molecule has 2 amide bonds. The van der Waals surface area contributed by atoms with Gasteiger partial charge in [-0.05, 0) is 79.3 Å². The number of nitrogens with one attached hydrogen (secondary N) is 2. The first-order valence-corrected chi connectivity index (χ1v) is 13.5. The second-order valence-electron chi connectivity index (χ2n) is 9.49. The monoisotopic (exact) mass is 566 g/mol. The molecule has 3 aromatic rings. The molecule has 1 aliphatic heterocycles. The standard InChI is InChI=1S/C28H25F3N6O2S/c29-28(30,31)20-5-1-3-18(13-20)24-19(4-2-11-33-24)16-32-15-17-6-8-21(9-7-17)35-26-34-12-10-22(36-26)14-23-25(38)37-27(39)40-23/h1-5,10-15,17,21H,6-9,16H2,(H,34,35,36)(H,37,38,39)/b23-14-,32-15?. The molecule has 8 nitrogen and oxygen atoms in total. The number of carbonyl (C=O) groups is 2. The van der Waals surface area contributed by atoms with Gasteiger partial charge in [-0.1, -0.05) is 18.2 Å². The average molecular weight is 567 g/mol. The fourth-order valence-electron chi connectivity index (χ4n) is 4.64. The minimum absolute atomic E-state index is 0.184. The predicted molar refractivity (Wildman–Crippen MR) is 147 cm³/mol. The van der Waals surface area contributed by atoms with Gasteiger partial charge in [-0.2, -0.15) is 13.2 Å². The van der Waals surface area contributed by atoms with Crippen molar-refractivity contribution in [3.05, 3.63) is 76.6 Å². The van der Waals surface area contributed by atoms with Gasteiger partial charge in [0.2, 0.25) is 5.95 Å². The second kappa shape index (κ2) is 12.0. The number of hydrogen-bond acceptors (Lipinski definition) is 8. The maximum absolute atomic E-state index is 13.2. The number of amides is 2. The van der Waals surface area contributed by atoms with Gasteiger partial charge >= 0.3 is 6.18 Å². The molecule has 206 valence electrons. The fourth-order valence-corrected chi connectivity index (χ4v) is 5.31. The SMILES string of the molecule is O=C1NC(=O)/C(=C/c2ccnc(NC3CCC(C=NCc4cccnc4-c4cccc(C(F)(F)F)c4)CC3)n2)S1. The smallest absolute Gasteiger partial charge is 0.351 e. The summed E-state index contributed by atoms with van der Waals surface area (Å²) >= 11 is 0.840. The highest BCUT2D eigenvalue weighted by Crippen LogP contribution is 2.33. The van der Waals surface area contributed by atoms with Crippen LogP contribution in [0.2, 0.25) is 0 Å². The summed E-state index contributed by atoms with van der Waals surface area (Å²) in [6, 6.07) is 10.6. The van der Waals surface area contributed by atoms with Gasteiger partial charge < -0.3 is 5.32 Å². The molecular formula is C28H25F3N6O2S. The molecule has 2 aromatic heterocycles. The number of hydrogen-bond donors (Lipinski definition) is 2. The maximum atomic E-state index is 13.2. The van der Waals surface area contributed by atoms with Gasteiger partial charge in [0.1, 0.15) is 0 Å². The zero-order valence-corrected chi connectivity index (χ0v) is 22.0. The van der Waals surface area contributed by atoms with Crippen molar-refractivity contribution in [3.63, 3.8) is 0 Å². The van der Waals surface area contributed by atoms with Crippen molar-refractivity contribution in [1.82, 2.24) is 20.3 Å². The van der Waals surface area contributed by atoms with Crippen LogP contribution in [0.5, 0.6) is 0 Å². The van der Waals surface area contributed by atoms with Crippen LogP contribution in [0.1, 0.15) is 42.5 Å². The van der Waals surface area contributed by atoms with Gasteiger partial charge in [-0.15, -0.1) is 0 Å². The van der Waals surface area contributed by atoms with E-state index in [9.17, 15) is 22.8 Å². The van der Waals surface area contributed by atoms with Crippen molar-refractivity contribution in [3.8, 4) is 11.3 Å². The molecule has 2 fully saturated rings. The minimum atomic E-state index is -4.42. The van der Waals surface area contributed by atoms with Gasteiger partial charge in [0.15, 0.2) is 0 Å². The first kappa shape index (κ1) is 27.5. The van der Waals surface area contributed by atoms with Crippen molar-refractivity contribution in [2.45, 2.75) is 44.4 Å². The van der Waals surface area contributed by atoms with Crippen LogP contribution in [-0.4, -0.2) is 38.4 Å². The predicted octanol–water partition coefficient (Wildman–Crippen LogP) is 6.12. The number of pyridine rings is 1. The molecule has 0 radical (unpaired) electrons. The molecule has 1 aliphatic carbocycles. The average Bonchev–Trinajstić information content (AvgIpc) is 3.25. The number of alkyl halides is 3. The number of halogens is 3. The van der Waals surface area contributed by atoms with E-state index in [1.807, 2.05) is 12.3 Å². The van der Waals surface area contributed by atoms with E-state index in [4.69, 9.17) is 0 Å². The lowest BCUT2D eigenvalue weighted by molar-refractivity contribution is -0.137. The highest BCUT2D eigenvalue weighted by Gasteiger charge is 2.30. The van der Waals surface area contributed by atoms with Crippen LogP contribution in [-0.2, 0) is 17.5 Å². The number of nitrogens with zero attached hydrogens (tertiary/aromatic N) is 4. The van der Waals surface area contributed by atoms with E-state index in [1.165, 1.54) is 6.07 Å². The van der Waals surface area contributed by atoms with E-state index < -0.39 is 22.9 Å². The minimum Gasteiger partial charge on any atom is -0.351 e. The van der Waals surface area contributed by atoms with E-state index in [0.717, 1.165) is 55.1 Å². The number of thioether (sulfide) groups is 1. The summed E-state index contributed by atoms with van der Waals surface area (Å²) < 4.78 is 39.5. The van der Waals surface area contributed by atoms with Crippen LogP contribution in [0.3, 0.4) is 0 Å². The van der Waals surface area contributed by atoms with Crippen LogP contribution >= 0.6 is 11.8 Å². The quantitative estimate of drug-likeness (QED) is 0.262. The molecule has 1 aromatic carbocycles. The second-order valence-corrected chi connectivity index (χ2v) is 10.5. The molecule has 0 unspecified atom stereocenters. The molecule has 0 spiro atoms. The summed E-state index contributed by atoms with van der Waals surface area (Å²) in [6.45, 7) is 0.329. The first-order valence-electron chi connectivity index (χ1n) is 12.7. The fraction of sp³-hybridized carbons (Fsp3) is 0.286. The Morgan fingerprint density at radius 2 is 1.88 bits per heavy atom. The number of benzene rings is 1. The summed E-state index contributed by atoms with van der Waals surface area (Å²) in [5, 5.41) is 5.17. The molecule has 1 saturated carbocycles. The third-order valence-corrected chi connectivity index (χ3v) is 7.45. The summed E-state index contributed by atoms with van der Waals surface area (Å²) in [5.74, 6) is 0.317. The molecular weight excluding hydrogens is 541 g/mol. The van der Waals surface area contributed by atoms with Crippen LogP contribution in [0.4, 0.5) is 23.9 Å². The number of rotatable bonds is 7. The molecule has 0 atom stereocenters. The van der Waals surface area contributed by atoms with E-state index >= 15 is 0 Å². The Morgan fingerprint density at radius 1 is 1.05 bits per heavy atom. The maximum Gasteiger partial charge on any atom is 0.416 e. The Kier molecular flexibility index (Phi) is 8.24. The third-order valence-electron chi connectivity index (χ3n) is 6.64. The first-order chi connectivity index (χ1) is 19.2. The summed E-state index contributed by atoms with van der Waals surface area (Å²) in [7, 11) is 0. The summed E-state index contributed by atoms with van der Waals surface area (Å²) in [6.07, 6.45) is 5.86. The van der Waals surface area contributed by atoms with Crippen LogP contribution < -0.4 is 10.6 Å². The summed E-state index contributed by atoms with van der Waals surface area (Å²) in [5.41, 5.74) is 1.49. The van der Waals surface area contributed by atoms with Crippen LogP contribution in [0, 0.1) is 5.92 Å². The number of anilines is 1. The zero-order valence-electron chi connectivity index (χ0n) is 21.2. The van der Waals surface area contributed by atoms with Crippen LogP contribution in [0.15, 0.2) is 64.8 Å². The molecule has 3 heterocycles. The van der Waals surface area contributed by atoms with E-state index in [-0.39, 0.29) is 6.04 Å². The van der Waals surface area contributed by atoms with Crippen molar-refractivity contribution in [1.29, 1.82) is 0 Å². The molecule has 2 N–H and O–H groups in total. The Hall–Kier alpha value is -4.06. The molecule has 0 bridgehead atoms. The van der Waals surface area contributed by atoms with Crippen LogP contribution in [0.25, 0.3) is 17.3 Å². The van der Waals surface area contributed by atoms with Gasteiger partial charge in [-0.3, -0.25) is 24.9 Å². The zero-order chi connectivity index (χ0) is 28.1. The van der Waals surface area contributed by atoms with Crippen molar-refractivity contribution >= 4 is 41.1 Å². The summed E-state index contributed by atoms with van der Waals surface area (Å²) in [4.78, 5) is 41.1. The lowest BCUT2D eigenvalue weighted by Crippen LogP contribution is -2.27. The van der Waals surface area contributed by atoms with Gasteiger partial charge in [0, 0.05) is 30.2 Å². The lowest BCUT2D eigenvalue weighted by Gasteiger charge is -2.27. The molecule has 40 heavy (non-hydrogen) atoms.